The fourth-order valence-corrected chi connectivity index (χ4v) is 2.83. The molecule has 0 bridgehead atoms. The monoisotopic (exact) mass is 348 g/mol. The third kappa shape index (κ3) is 4.32. The molecule has 2 rings (SSSR count). The Kier molecular flexibility index (Phi) is 5.42. The maximum absolute atomic E-state index is 12.6. The number of carbonyl (C=O) groups excluding carboxylic acids is 1. The van der Waals surface area contributed by atoms with Gasteiger partial charge in [0.05, 0.1) is 6.04 Å². The molecule has 0 unspecified atom stereocenters. The Labute approximate surface area is 134 Å². The molecule has 5 nitrogen and oxygen atoms in total. The van der Waals surface area contributed by atoms with Gasteiger partial charge in [-0.25, -0.2) is 4.98 Å². The standard InChI is InChI=1S/C14H15F3N2O3S/c1-3-9(13-19-11(7-23-13)14(15,16)17)18-12(20)10-5-4-8(22-10)6-21-2/h4-5,7,9H,3,6H2,1-2H3,(H,18,20)/t9-/m0/s1. The molecule has 0 aromatic carbocycles. The Hall–Kier alpha value is -1.87. The maximum atomic E-state index is 12.6. The number of amides is 1. The normalized spacial score (nSPS) is 13.1. The number of carbonyl (C=O) groups is 1. The van der Waals surface area contributed by atoms with E-state index in [-0.39, 0.29) is 17.4 Å². The molecule has 9 heteroatoms. The topological polar surface area (TPSA) is 64.4 Å². The van der Waals surface area contributed by atoms with Gasteiger partial charge in [-0.2, -0.15) is 13.2 Å². The van der Waals surface area contributed by atoms with Crippen LogP contribution in [0.1, 0.15) is 46.4 Å². The van der Waals surface area contributed by atoms with Crippen molar-refractivity contribution in [3.63, 3.8) is 0 Å². The van der Waals surface area contributed by atoms with Gasteiger partial charge in [0.2, 0.25) is 0 Å². The Morgan fingerprint density at radius 3 is 2.78 bits per heavy atom. The molecule has 1 atom stereocenters. The molecule has 1 amide bonds. The van der Waals surface area contributed by atoms with Crippen LogP contribution in [0.15, 0.2) is 21.9 Å². The van der Waals surface area contributed by atoms with E-state index in [0.29, 0.717) is 12.2 Å². The fraction of sp³-hybridized carbons (Fsp3) is 0.429. The molecule has 0 aliphatic heterocycles. The number of methoxy groups -OCH3 is 1. The number of hydrogen-bond acceptors (Lipinski definition) is 5. The van der Waals surface area contributed by atoms with E-state index in [4.69, 9.17) is 9.15 Å². The van der Waals surface area contributed by atoms with Crippen LogP contribution in [0, 0.1) is 0 Å². The molecule has 0 fully saturated rings. The van der Waals surface area contributed by atoms with Gasteiger partial charge in [0.15, 0.2) is 11.5 Å². The van der Waals surface area contributed by atoms with E-state index in [1.807, 2.05) is 0 Å². The zero-order chi connectivity index (χ0) is 17.0. The number of ether oxygens (including phenoxy) is 1. The highest BCUT2D eigenvalue weighted by Gasteiger charge is 2.34. The van der Waals surface area contributed by atoms with Crippen molar-refractivity contribution in [2.45, 2.75) is 32.2 Å². The second-order valence-corrected chi connectivity index (χ2v) is 5.59. The highest BCUT2D eigenvalue weighted by atomic mass is 32.1. The summed E-state index contributed by atoms with van der Waals surface area (Å²) in [6.07, 6.45) is -4.09. The second kappa shape index (κ2) is 7.14. The number of rotatable bonds is 6. The van der Waals surface area contributed by atoms with E-state index in [9.17, 15) is 18.0 Å². The van der Waals surface area contributed by atoms with Crippen molar-refractivity contribution in [3.8, 4) is 0 Å². The Morgan fingerprint density at radius 1 is 1.48 bits per heavy atom. The summed E-state index contributed by atoms with van der Waals surface area (Å²) in [7, 11) is 1.50. The van der Waals surface area contributed by atoms with Crippen LogP contribution >= 0.6 is 11.3 Å². The Bertz CT molecular complexity index is 666. The predicted molar refractivity (Wildman–Crippen MR) is 77.0 cm³/mol. The minimum Gasteiger partial charge on any atom is -0.453 e. The summed E-state index contributed by atoms with van der Waals surface area (Å²) in [5, 5.41) is 3.77. The van der Waals surface area contributed by atoms with Gasteiger partial charge < -0.3 is 14.5 Å². The van der Waals surface area contributed by atoms with Gasteiger partial charge in [0, 0.05) is 12.5 Å². The third-order valence-electron chi connectivity index (χ3n) is 3.00. The second-order valence-electron chi connectivity index (χ2n) is 4.70. The van der Waals surface area contributed by atoms with Crippen LogP contribution in [0.4, 0.5) is 13.2 Å². The van der Waals surface area contributed by atoms with Crippen LogP contribution in [0.2, 0.25) is 0 Å². The average Bonchev–Trinajstić information content (AvgIpc) is 3.13. The van der Waals surface area contributed by atoms with Gasteiger partial charge >= 0.3 is 6.18 Å². The molecule has 23 heavy (non-hydrogen) atoms. The highest BCUT2D eigenvalue weighted by molar-refractivity contribution is 7.09. The molecule has 0 aliphatic rings. The number of halogens is 3. The molecule has 0 saturated carbocycles. The summed E-state index contributed by atoms with van der Waals surface area (Å²) >= 11 is 0.863. The fourth-order valence-electron chi connectivity index (χ4n) is 1.87. The third-order valence-corrected chi connectivity index (χ3v) is 3.95. The lowest BCUT2D eigenvalue weighted by Crippen LogP contribution is -2.27. The van der Waals surface area contributed by atoms with Crippen molar-refractivity contribution in [3.05, 3.63) is 39.7 Å². The summed E-state index contributed by atoms with van der Waals surface area (Å²) < 4.78 is 48.0. The number of nitrogens with one attached hydrogen (secondary N) is 1. The van der Waals surface area contributed by atoms with Gasteiger partial charge in [-0.1, -0.05) is 6.92 Å². The number of thiazole rings is 1. The SMILES string of the molecule is CC[C@H](NC(=O)c1ccc(COC)o1)c1nc(C(F)(F)F)cs1. The number of alkyl halides is 3. The van der Waals surface area contributed by atoms with Crippen LogP contribution in [0.3, 0.4) is 0 Å². The summed E-state index contributed by atoms with van der Waals surface area (Å²) in [6.45, 7) is 1.98. The predicted octanol–water partition coefficient (Wildman–Crippen LogP) is 3.78. The molecular formula is C14H15F3N2O3S. The lowest BCUT2D eigenvalue weighted by Gasteiger charge is -2.13. The summed E-state index contributed by atoms with van der Waals surface area (Å²) in [6, 6.07) is 2.48. The minimum absolute atomic E-state index is 0.0723. The number of nitrogens with zero attached hydrogens (tertiary/aromatic N) is 1. The maximum Gasteiger partial charge on any atom is 0.434 e. The lowest BCUT2D eigenvalue weighted by molar-refractivity contribution is -0.140. The first-order valence-electron chi connectivity index (χ1n) is 6.76. The summed E-state index contributed by atoms with van der Waals surface area (Å²) in [5.41, 5.74) is -0.953. The first-order chi connectivity index (χ1) is 10.8. The molecule has 0 saturated heterocycles. The summed E-state index contributed by atoms with van der Waals surface area (Å²) in [4.78, 5) is 15.7. The lowest BCUT2D eigenvalue weighted by atomic mass is 10.2. The first-order valence-corrected chi connectivity index (χ1v) is 7.64. The van der Waals surface area contributed by atoms with Crippen LogP contribution in [0.5, 0.6) is 0 Å². The van der Waals surface area contributed by atoms with Gasteiger partial charge in [-0.05, 0) is 18.6 Å². The average molecular weight is 348 g/mol. The van der Waals surface area contributed by atoms with E-state index in [1.54, 1.807) is 13.0 Å². The van der Waals surface area contributed by atoms with Crippen molar-refractivity contribution in [1.82, 2.24) is 10.3 Å². The quantitative estimate of drug-likeness (QED) is 0.863. The summed E-state index contributed by atoms with van der Waals surface area (Å²) in [5.74, 6) is 0.0466. The molecule has 2 aromatic heterocycles. The first kappa shape index (κ1) is 17.5. The largest absolute Gasteiger partial charge is 0.453 e. The van der Waals surface area contributed by atoms with Crippen LogP contribution in [0.25, 0.3) is 0 Å². The minimum atomic E-state index is -4.49. The molecule has 0 radical (unpaired) electrons. The molecule has 2 aromatic rings. The van der Waals surface area contributed by atoms with Crippen LogP contribution < -0.4 is 5.32 Å². The van der Waals surface area contributed by atoms with Gasteiger partial charge in [0.25, 0.3) is 5.91 Å². The molecule has 1 N–H and O–H groups in total. The Morgan fingerprint density at radius 2 is 2.22 bits per heavy atom. The van der Waals surface area contributed by atoms with Gasteiger partial charge in [-0.3, -0.25) is 4.79 Å². The van der Waals surface area contributed by atoms with E-state index >= 15 is 0 Å². The molecule has 126 valence electrons. The van der Waals surface area contributed by atoms with Crippen molar-refractivity contribution < 1.29 is 27.1 Å². The van der Waals surface area contributed by atoms with Crippen molar-refractivity contribution in [2.75, 3.05) is 7.11 Å². The van der Waals surface area contributed by atoms with E-state index in [0.717, 1.165) is 16.7 Å². The molecular weight excluding hydrogens is 333 g/mol. The van der Waals surface area contributed by atoms with Crippen molar-refractivity contribution >= 4 is 17.2 Å². The van der Waals surface area contributed by atoms with Gasteiger partial charge in [0.1, 0.15) is 17.4 Å². The van der Waals surface area contributed by atoms with E-state index in [1.165, 1.54) is 13.2 Å². The van der Waals surface area contributed by atoms with Crippen molar-refractivity contribution in [2.24, 2.45) is 0 Å². The Balaban J connectivity index is 2.09. The smallest absolute Gasteiger partial charge is 0.434 e. The van der Waals surface area contributed by atoms with E-state index < -0.39 is 23.8 Å². The van der Waals surface area contributed by atoms with E-state index in [2.05, 4.69) is 10.3 Å². The number of aromatic nitrogens is 1. The zero-order valence-corrected chi connectivity index (χ0v) is 13.3. The van der Waals surface area contributed by atoms with Crippen LogP contribution in [-0.2, 0) is 17.5 Å². The highest BCUT2D eigenvalue weighted by Crippen LogP contribution is 2.32. The zero-order valence-electron chi connectivity index (χ0n) is 12.4. The van der Waals surface area contributed by atoms with Crippen molar-refractivity contribution in [1.29, 1.82) is 0 Å². The van der Waals surface area contributed by atoms with Gasteiger partial charge in [-0.15, -0.1) is 11.3 Å². The molecule has 2 heterocycles. The van der Waals surface area contributed by atoms with Crippen LogP contribution in [-0.4, -0.2) is 18.0 Å². The molecule has 0 spiro atoms. The number of furan rings is 1. The number of hydrogen-bond donors (Lipinski definition) is 1. The molecule has 0 aliphatic carbocycles.